The maximum atomic E-state index is 12.4. The smallest absolute Gasteiger partial charge is 0.263 e. The standard InChI is InChI=1S/C19H15N3O3S3/c23-18(11-13-12-27-17-4-2-1-3-16(13)17)21-14-5-7-15(8-6-14)28(24,25)22-19-20-9-10-26-19/h1-10,12H,11H2,(H,20,22)(H,21,23). The van der Waals surface area contributed by atoms with Crippen molar-refractivity contribution in [2.75, 3.05) is 10.0 Å². The third kappa shape index (κ3) is 4.06. The normalized spacial score (nSPS) is 11.4. The molecule has 2 heterocycles. The number of nitrogens with zero attached hydrogens (tertiary/aromatic N) is 1. The highest BCUT2D eigenvalue weighted by molar-refractivity contribution is 7.93. The molecule has 142 valence electrons. The molecule has 0 fully saturated rings. The average molecular weight is 430 g/mol. The van der Waals surface area contributed by atoms with Gasteiger partial charge in [0.25, 0.3) is 10.0 Å². The molecule has 0 saturated heterocycles. The van der Waals surface area contributed by atoms with Crippen LogP contribution in [0.15, 0.2) is 70.4 Å². The minimum atomic E-state index is -3.71. The lowest BCUT2D eigenvalue weighted by Crippen LogP contribution is -2.15. The van der Waals surface area contributed by atoms with Crippen molar-refractivity contribution in [1.29, 1.82) is 0 Å². The number of hydrogen-bond donors (Lipinski definition) is 2. The molecule has 0 aliphatic rings. The van der Waals surface area contributed by atoms with Gasteiger partial charge in [-0.3, -0.25) is 9.52 Å². The summed E-state index contributed by atoms with van der Waals surface area (Å²) in [6.07, 6.45) is 1.79. The Bertz CT molecular complexity index is 1210. The van der Waals surface area contributed by atoms with Crippen LogP contribution in [0.25, 0.3) is 10.1 Å². The molecule has 0 atom stereocenters. The fraction of sp³-hybridized carbons (Fsp3) is 0.0526. The molecule has 0 aliphatic heterocycles. The third-order valence-corrected chi connectivity index (χ3v) is 7.20. The molecule has 0 saturated carbocycles. The van der Waals surface area contributed by atoms with Crippen LogP contribution in [0.4, 0.5) is 10.8 Å². The number of thiophene rings is 1. The topological polar surface area (TPSA) is 88.2 Å². The van der Waals surface area contributed by atoms with Crippen molar-refractivity contribution in [3.05, 3.63) is 71.1 Å². The highest BCUT2D eigenvalue weighted by Gasteiger charge is 2.16. The summed E-state index contributed by atoms with van der Waals surface area (Å²) in [5.74, 6) is -0.153. The highest BCUT2D eigenvalue weighted by Crippen LogP contribution is 2.26. The molecular weight excluding hydrogens is 414 g/mol. The van der Waals surface area contributed by atoms with Gasteiger partial charge in [0.1, 0.15) is 0 Å². The van der Waals surface area contributed by atoms with E-state index >= 15 is 0 Å². The van der Waals surface area contributed by atoms with Crippen molar-refractivity contribution >= 4 is 59.5 Å². The minimum Gasteiger partial charge on any atom is -0.326 e. The van der Waals surface area contributed by atoms with E-state index in [9.17, 15) is 13.2 Å². The number of carbonyl (C=O) groups excluding carboxylic acids is 1. The van der Waals surface area contributed by atoms with Crippen molar-refractivity contribution in [2.24, 2.45) is 0 Å². The number of hydrogen-bond acceptors (Lipinski definition) is 6. The van der Waals surface area contributed by atoms with Crippen molar-refractivity contribution in [3.8, 4) is 0 Å². The first kappa shape index (κ1) is 18.6. The first-order chi connectivity index (χ1) is 13.5. The zero-order chi connectivity index (χ0) is 19.6. The largest absolute Gasteiger partial charge is 0.326 e. The molecular formula is C19H15N3O3S3. The van der Waals surface area contributed by atoms with Crippen LogP contribution in [0, 0.1) is 0 Å². The SMILES string of the molecule is O=C(Cc1csc2ccccc12)Nc1ccc(S(=O)(=O)Nc2nccs2)cc1. The van der Waals surface area contributed by atoms with E-state index in [-0.39, 0.29) is 17.2 Å². The van der Waals surface area contributed by atoms with E-state index in [1.54, 1.807) is 28.8 Å². The second-order valence-corrected chi connectivity index (χ2v) is 9.44. The Morgan fingerprint density at radius 1 is 1.04 bits per heavy atom. The summed E-state index contributed by atoms with van der Waals surface area (Å²) in [7, 11) is -3.71. The summed E-state index contributed by atoms with van der Waals surface area (Å²) in [5.41, 5.74) is 1.52. The van der Waals surface area contributed by atoms with Crippen molar-refractivity contribution < 1.29 is 13.2 Å². The second kappa shape index (κ2) is 7.70. The number of nitrogens with one attached hydrogen (secondary N) is 2. The lowest BCUT2D eigenvalue weighted by molar-refractivity contribution is -0.115. The zero-order valence-corrected chi connectivity index (χ0v) is 16.9. The van der Waals surface area contributed by atoms with Gasteiger partial charge in [-0.25, -0.2) is 13.4 Å². The lowest BCUT2D eigenvalue weighted by atomic mass is 10.1. The predicted octanol–water partition coefficient (Wildman–Crippen LogP) is 4.34. The van der Waals surface area contributed by atoms with Gasteiger partial charge in [-0.15, -0.1) is 22.7 Å². The molecule has 2 aromatic carbocycles. The fourth-order valence-electron chi connectivity index (χ4n) is 2.71. The van der Waals surface area contributed by atoms with Crippen molar-refractivity contribution in [1.82, 2.24) is 4.98 Å². The monoisotopic (exact) mass is 429 g/mol. The number of sulfonamides is 1. The molecule has 4 aromatic rings. The summed E-state index contributed by atoms with van der Waals surface area (Å²) in [6, 6.07) is 14.0. The zero-order valence-electron chi connectivity index (χ0n) is 14.5. The molecule has 1 amide bonds. The first-order valence-corrected chi connectivity index (χ1v) is 11.5. The minimum absolute atomic E-state index is 0.101. The van der Waals surface area contributed by atoms with Gasteiger partial charge in [0, 0.05) is 22.0 Å². The summed E-state index contributed by atoms with van der Waals surface area (Å²) in [4.78, 5) is 16.4. The van der Waals surface area contributed by atoms with E-state index in [4.69, 9.17) is 0 Å². The molecule has 6 nitrogen and oxygen atoms in total. The second-order valence-electron chi connectivity index (χ2n) is 5.95. The third-order valence-electron chi connectivity index (χ3n) is 4.01. The Labute approximate surface area is 169 Å². The van der Waals surface area contributed by atoms with E-state index in [0.717, 1.165) is 15.6 Å². The molecule has 0 aliphatic carbocycles. The van der Waals surface area contributed by atoms with Gasteiger partial charge in [-0.05, 0) is 46.7 Å². The summed E-state index contributed by atoms with van der Waals surface area (Å²) < 4.78 is 28.2. The quantitative estimate of drug-likeness (QED) is 0.477. The van der Waals surface area contributed by atoms with Crippen LogP contribution in [0.2, 0.25) is 0 Å². The van der Waals surface area contributed by atoms with E-state index in [2.05, 4.69) is 15.0 Å². The first-order valence-electron chi connectivity index (χ1n) is 8.28. The Balaban J connectivity index is 1.43. The number of thiazole rings is 1. The average Bonchev–Trinajstić information content (AvgIpc) is 3.32. The Hall–Kier alpha value is -2.75. The van der Waals surface area contributed by atoms with Gasteiger partial charge < -0.3 is 5.32 Å². The number of anilines is 2. The van der Waals surface area contributed by atoms with Gasteiger partial charge in [0.05, 0.1) is 11.3 Å². The van der Waals surface area contributed by atoms with Gasteiger partial charge >= 0.3 is 0 Å². The summed E-state index contributed by atoms with van der Waals surface area (Å²) >= 11 is 2.81. The number of carbonyl (C=O) groups is 1. The molecule has 0 spiro atoms. The van der Waals surface area contributed by atoms with Crippen LogP contribution >= 0.6 is 22.7 Å². The molecule has 28 heavy (non-hydrogen) atoms. The molecule has 2 aromatic heterocycles. The molecule has 0 radical (unpaired) electrons. The van der Waals surface area contributed by atoms with Gasteiger partial charge in [0.2, 0.25) is 5.91 Å². The van der Waals surface area contributed by atoms with Gasteiger partial charge in [0.15, 0.2) is 5.13 Å². The Morgan fingerprint density at radius 3 is 2.57 bits per heavy atom. The molecule has 9 heteroatoms. The van der Waals surface area contributed by atoms with E-state index in [1.807, 2.05) is 29.6 Å². The van der Waals surface area contributed by atoms with Gasteiger partial charge in [-0.2, -0.15) is 0 Å². The van der Waals surface area contributed by atoms with Crippen molar-refractivity contribution in [3.63, 3.8) is 0 Å². The predicted molar refractivity (Wildman–Crippen MR) is 114 cm³/mol. The molecule has 0 bridgehead atoms. The molecule has 4 rings (SSSR count). The van der Waals surface area contributed by atoms with Crippen LogP contribution < -0.4 is 10.0 Å². The van der Waals surface area contributed by atoms with Crippen LogP contribution in [-0.2, 0) is 21.2 Å². The number of fused-ring (bicyclic) bond motifs is 1. The highest BCUT2D eigenvalue weighted by atomic mass is 32.2. The maximum Gasteiger partial charge on any atom is 0.263 e. The summed E-state index contributed by atoms with van der Waals surface area (Å²) in [5, 5.41) is 7.87. The van der Waals surface area contributed by atoms with Gasteiger partial charge in [-0.1, -0.05) is 18.2 Å². The fourth-order valence-corrected chi connectivity index (χ4v) is 5.46. The number of amides is 1. The van der Waals surface area contributed by atoms with Crippen molar-refractivity contribution in [2.45, 2.75) is 11.3 Å². The lowest BCUT2D eigenvalue weighted by Gasteiger charge is -2.08. The van der Waals surface area contributed by atoms with Crippen LogP contribution in [-0.4, -0.2) is 19.3 Å². The number of aromatic nitrogens is 1. The number of rotatable bonds is 6. The Morgan fingerprint density at radius 2 is 1.82 bits per heavy atom. The van der Waals surface area contributed by atoms with E-state index < -0.39 is 10.0 Å². The summed E-state index contributed by atoms with van der Waals surface area (Å²) in [6.45, 7) is 0. The molecule has 0 unspecified atom stereocenters. The van der Waals surface area contributed by atoms with Crippen LogP contribution in [0.3, 0.4) is 0 Å². The number of benzene rings is 2. The van der Waals surface area contributed by atoms with Crippen LogP contribution in [0.1, 0.15) is 5.56 Å². The maximum absolute atomic E-state index is 12.4. The van der Waals surface area contributed by atoms with Crippen LogP contribution in [0.5, 0.6) is 0 Å². The van der Waals surface area contributed by atoms with E-state index in [0.29, 0.717) is 10.8 Å². The van der Waals surface area contributed by atoms with E-state index in [1.165, 1.54) is 29.7 Å². The Kier molecular flexibility index (Phi) is 5.12. The molecule has 2 N–H and O–H groups in total.